The Labute approximate surface area is 209 Å². The fourth-order valence-corrected chi connectivity index (χ4v) is 4.70. The molecule has 4 aromatic rings. The maximum Gasteiger partial charge on any atom is 0.416 e. The third-order valence-corrected chi connectivity index (χ3v) is 7.07. The molecule has 6 rings (SSSR count). The van der Waals surface area contributed by atoms with Crippen LogP contribution in [0.4, 0.5) is 17.6 Å². The summed E-state index contributed by atoms with van der Waals surface area (Å²) in [6.45, 7) is 4.03. The summed E-state index contributed by atoms with van der Waals surface area (Å²) in [5.41, 5.74) is 1.78. The maximum absolute atomic E-state index is 15.1. The Bertz CT molecular complexity index is 1500. The van der Waals surface area contributed by atoms with Crippen molar-refractivity contribution in [1.29, 1.82) is 0 Å². The first-order valence-electron chi connectivity index (χ1n) is 12.2. The van der Waals surface area contributed by atoms with Crippen molar-refractivity contribution in [2.24, 2.45) is 0 Å². The fourth-order valence-electron chi connectivity index (χ4n) is 4.70. The Morgan fingerprint density at radius 2 is 1.78 bits per heavy atom. The first kappa shape index (κ1) is 23.9. The van der Waals surface area contributed by atoms with Crippen molar-refractivity contribution >= 4 is 11.2 Å². The van der Waals surface area contributed by atoms with E-state index in [0.29, 0.717) is 48.8 Å². The molecule has 0 radical (unpaired) electrons. The minimum atomic E-state index is -4.66. The van der Waals surface area contributed by atoms with Gasteiger partial charge in [0.05, 0.1) is 35.3 Å². The zero-order valence-electron chi connectivity index (χ0n) is 20.3. The number of ether oxygens (including phenoxy) is 1. The van der Waals surface area contributed by atoms with Crippen molar-refractivity contribution in [3.05, 3.63) is 64.7 Å². The van der Waals surface area contributed by atoms with E-state index in [2.05, 4.69) is 25.0 Å². The number of alkyl halides is 3. The van der Waals surface area contributed by atoms with Crippen molar-refractivity contribution in [3.8, 4) is 11.3 Å². The third kappa shape index (κ3) is 4.56. The summed E-state index contributed by atoms with van der Waals surface area (Å²) in [5, 5.41) is 4.46. The van der Waals surface area contributed by atoms with Crippen LogP contribution in [-0.4, -0.2) is 36.3 Å². The lowest BCUT2D eigenvalue weighted by molar-refractivity contribution is -0.137. The van der Waals surface area contributed by atoms with Gasteiger partial charge in [0.1, 0.15) is 22.9 Å². The maximum atomic E-state index is 15.1. The summed E-state index contributed by atoms with van der Waals surface area (Å²) in [4.78, 5) is 18.4. The van der Waals surface area contributed by atoms with Crippen LogP contribution in [0.25, 0.3) is 22.4 Å². The molecule has 0 N–H and O–H groups in total. The molecule has 2 aliphatic rings. The van der Waals surface area contributed by atoms with Crippen LogP contribution in [0.15, 0.2) is 30.6 Å². The zero-order valence-corrected chi connectivity index (χ0v) is 20.3. The number of halogens is 4. The Hall–Kier alpha value is -3.47. The van der Waals surface area contributed by atoms with Gasteiger partial charge in [-0.05, 0) is 57.7 Å². The summed E-state index contributed by atoms with van der Waals surface area (Å²) in [6, 6.07) is 2.89. The van der Waals surface area contributed by atoms with Crippen LogP contribution >= 0.6 is 0 Å². The van der Waals surface area contributed by atoms with Crippen LogP contribution in [0, 0.1) is 19.7 Å². The molecule has 0 unspecified atom stereocenters. The van der Waals surface area contributed by atoms with E-state index in [1.165, 1.54) is 0 Å². The van der Waals surface area contributed by atoms with Gasteiger partial charge in [0.2, 0.25) is 0 Å². The van der Waals surface area contributed by atoms with E-state index in [1.807, 2.05) is 17.1 Å². The minimum Gasteiger partial charge on any atom is -0.373 e. The van der Waals surface area contributed by atoms with Gasteiger partial charge in [-0.25, -0.2) is 24.3 Å². The first-order valence-corrected chi connectivity index (χ1v) is 12.2. The Kier molecular flexibility index (Phi) is 5.70. The topological polar surface area (TPSA) is 78.6 Å². The SMILES string of the molecule is Cc1nc2nc([C@H]3CCO[C@H](c4cnn(C5CC5)c4)C3)nc(-c3ccc(C(F)(F)F)cc3F)c2nc1C. The standard InChI is InChI=1S/C26H24F4N6O/c1-13-14(2)33-25-23(32-13)22(19-6-3-17(10-20(19)27)26(28,29)30)34-24(35-25)15-7-8-37-21(9-15)16-11-31-36(12-16)18-4-5-18/h3,6,10-12,15,18,21H,4-5,7-9H2,1-2H3/t15-,21-/m0/s1. The minimum absolute atomic E-state index is 0.0754. The molecule has 4 heterocycles. The van der Waals surface area contributed by atoms with Crippen LogP contribution < -0.4 is 0 Å². The number of hydrogen-bond acceptors (Lipinski definition) is 6. The molecule has 37 heavy (non-hydrogen) atoms. The molecule has 3 aromatic heterocycles. The van der Waals surface area contributed by atoms with Crippen LogP contribution in [0.2, 0.25) is 0 Å². The largest absolute Gasteiger partial charge is 0.416 e. The molecule has 1 aliphatic carbocycles. The van der Waals surface area contributed by atoms with Crippen molar-refractivity contribution < 1.29 is 22.3 Å². The van der Waals surface area contributed by atoms with Gasteiger partial charge in [-0.15, -0.1) is 0 Å². The fraction of sp³-hybridized carbons (Fsp3) is 0.423. The Balaban J connectivity index is 1.41. The summed E-state index contributed by atoms with van der Waals surface area (Å²) in [5.74, 6) is -0.701. The van der Waals surface area contributed by atoms with Crippen molar-refractivity contribution in [1.82, 2.24) is 29.7 Å². The highest BCUT2D eigenvalue weighted by atomic mass is 19.4. The summed E-state index contributed by atoms with van der Waals surface area (Å²) < 4.78 is 62.5. The lowest BCUT2D eigenvalue weighted by Gasteiger charge is -2.28. The van der Waals surface area contributed by atoms with Gasteiger partial charge in [0, 0.05) is 29.8 Å². The van der Waals surface area contributed by atoms with Crippen LogP contribution in [0.3, 0.4) is 0 Å². The van der Waals surface area contributed by atoms with Gasteiger partial charge in [0.15, 0.2) is 5.65 Å². The van der Waals surface area contributed by atoms with Gasteiger partial charge in [-0.3, -0.25) is 4.68 Å². The second-order valence-electron chi connectivity index (χ2n) is 9.76. The molecule has 1 aromatic carbocycles. The molecule has 192 valence electrons. The molecule has 11 heteroatoms. The number of benzene rings is 1. The molecule has 1 aliphatic heterocycles. The highest BCUT2D eigenvalue weighted by Crippen LogP contribution is 2.40. The predicted octanol–water partition coefficient (Wildman–Crippen LogP) is 6.03. The van der Waals surface area contributed by atoms with E-state index in [-0.39, 0.29) is 34.4 Å². The van der Waals surface area contributed by atoms with E-state index >= 15 is 4.39 Å². The average molecular weight is 513 g/mol. The summed E-state index contributed by atoms with van der Waals surface area (Å²) in [6.07, 6.45) is 2.49. The Morgan fingerprint density at radius 1 is 1.00 bits per heavy atom. The smallest absolute Gasteiger partial charge is 0.373 e. The van der Waals surface area contributed by atoms with Crippen LogP contribution in [0.5, 0.6) is 0 Å². The van der Waals surface area contributed by atoms with Crippen LogP contribution in [0.1, 0.15) is 72.1 Å². The molecular formula is C26H24F4N6O. The quantitative estimate of drug-likeness (QED) is 0.311. The van der Waals surface area contributed by atoms with E-state index < -0.39 is 17.6 Å². The first-order chi connectivity index (χ1) is 17.7. The molecule has 0 bridgehead atoms. The molecular weight excluding hydrogens is 488 g/mol. The monoisotopic (exact) mass is 512 g/mol. The van der Waals surface area contributed by atoms with Crippen molar-refractivity contribution in [2.45, 2.75) is 63.8 Å². The van der Waals surface area contributed by atoms with E-state index in [0.717, 1.165) is 30.5 Å². The summed E-state index contributed by atoms with van der Waals surface area (Å²) in [7, 11) is 0. The molecule has 0 spiro atoms. The number of fused-ring (bicyclic) bond motifs is 1. The molecule has 1 saturated heterocycles. The van der Waals surface area contributed by atoms with E-state index in [9.17, 15) is 13.2 Å². The number of nitrogens with zero attached hydrogens (tertiary/aromatic N) is 6. The molecule has 2 atom stereocenters. The highest BCUT2D eigenvalue weighted by Gasteiger charge is 2.33. The molecule has 2 fully saturated rings. The number of aryl methyl sites for hydroxylation is 2. The lowest BCUT2D eigenvalue weighted by Crippen LogP contribution is -2.20. The number of rotatable bonds is 4. The normalized spacial score (nSPS) is 20.5. The molecule has 7 nitrogen and oxygen atoms in total. The predicted molar refractivity (Wildman–Crippen MR) is 126 cm³/mol. The second-order valence-corrected chi connectivity index (χ2v) is 9.76. The molecule has 1 saturated carbocycles. The molecule has 0 amide bonds. The zero-order chi connectivity index (χ0) is 25.9. The average Bonchev–Trinajstić information content (AvgIpc) is 3.60. The second kappa shape index (κ2) is 8.83. The number of aromatic nitrogens is 6. The third-order valence-electron chi connectivity index (χ3n) is 7.07. The van der Waals surface area contributed by atoms with E-state index in [1.54, 1.807) is 13.8 Å². The van der Waals surface area contributed by atoms with Crippen LogP contribution in [-0.2, 0) is 10.9 Å². The van der Waals surface area contributed by atoms with Gasteiger partial charge in [-0.2, -0.15) is 18.3 Å². The lowest BCUT2D eigenvalue weighted by atomic mass is 9.92. The van der Waals surface area contributed by atoms with E-state index in [4.69, 9.17) is 4.74 Å². The van der Waals surface area contributed by atoms with Gasteiger partial charge < -0.3 is 4.74 Å². The Morgan fingerprint density at radius 3 is 2.51 bits per heavy atom. The van der Waals surface area contributed by atoms with Gasteiger partial charge >= 0.3 is 6.18 Å². The van der Waals surface area contributed by atoms with Gasteiger partial charge in [0.25, 0.3) is 0 Å². The summed E-state index contributed by atoms with van der Waals surface area (Å²) >= 11 is 0. The highest BCUT2D eigenvalue weighted by molar-refractivity contribution is 5.87. The number of hydrogen-bond donors (Lipinski definition) is 0. The van der Waals surface area contributed by atoms with Crippen molar-refractivity contribution in [2.75, 3.05) is 6.61 Å². The van der Waals surface area contributed by atoms with Crippen molar-refractivity contribution in [3.63, 3.8) is 0 Å². The van der Waals surface area contributed by atoms with Gasteiger partial charge in [-0.1, -0.05) is 0 Å².